The maximum Gasteiger partial charge on any atom is 0.160 e. The van der Waals surface area contributed by atoms with Gasteiger partial charge in [0.1, 0.15) is 0 Å². The molecule has 2 nitrogen and oxygen atoms in total. The molecule has 0 amide bonds. The Morgan fingerprint density at radius 1 is 1.29 bits per heavy atom. The van der Waals surface area contributed by atoms with Crippen LogP contribution in [0.25, 0.3) is 0 Å². The lowest BCUT2D eigenvalue weighted by molar-refractivity contribution is -0.0000342. The summed E-state index contributed by atoms with van der Waals surface area (Å²) in [6, 6.07) is 1.49. The zero-order chi connectivity index (χ0) is 12.4. The van der Waals surface area contributed by atoms with Gasteiger partial charge in [0, 0.05) is 11.6 Å². The quantitative estimate of drug-likeness (QED) is 0.830. The average molecular weight is 262 g/mol. The Morgan fingerprint density at radius 2 is 2.00 bits per heavy atom. The van der Waals surface area contributed by atoms with E-state index in [1.807, 2.05) is 0 Å². The molecule has 94 valence electrons. The number of hydrogen-bond donors (Lipinski definition) is 1. The second kappa shape index (κ2) is 5.29. The topological polar surface area (TPSA) is 35.2 Å². The van der Waals surface area contributed by atoms with Gasteiger partial charge in [0.2, 0.25) is 0 Å². The van der Waals surface area contributed by atoms with Gasteiger partial charge >= 0.3 is 0 Å². The normalized spacial score (nSPS) is 22.5. The first-order valence-corrected chi connectivity index (χ1v) is 5.99. The number of benzene rings is 1. The second-order valence-electron chi connectivity index (χ2n) is 4.22. The van der Waals surface area contributed by atoms with Crippen LogP contribution >= 0.6 is 11.6 Å². The highest BCUT2D eigenvalue weighted by atomic mass is 35.5. The Bertz CT molecular complexity index is 408. The molecule has 1 heterocycles. The molecule has 1 aliphatic rings. The first-order chi connectivity index (χ1) is 8.09. The minimum Gasteiger partial charge on any atom is -0.376 e. The van der Waals surface area contributed by atoms with Crippen molar-refractivity contribution in [2.45, 2.75) is 31.4 Å². The summed E-state index contributed by atoms with van der Waals surface area (Å²) in [5.74, 6) is -1.90. The van der Waals surface area contributed by atoms with E-state index in [4.69, 9.17) is 22.1 Å². The number of nitrogens with two attached hydrogens (primary N) is 1. The van der Waals surface area contributed by atoms with Crippen molar-refractivity contribution in [3.63, 3.8) is 0 Å². The van der Waals surface area contributed by atoms with Crippen LogP contribution < -0.4 is 5.73 Å². The molecule has 17 heavy (non-hydrogen) atoms. The monoisotopic (exact) mass is 261 g/mol. The highest BCUT2D eigenvalue weighted by molar-refractivity contribution is 6.31. The summed E-state index contributed by atoms with van der Waals surface area (Å²) in [4.78, 5) is 0. The van der Waals surface area contributed by atoms with Crippen LogP contribution in [0.2, 0.25) is 5.02 Å². The molecule has 2 N–H and O–H groups in total. The van der Waals surface area contributed by atoms with Gasteiger partial charge in [0.05, 0.1) is 12.1 Å². The van der Waals surface area contributed by atoms with E-state index in [9.17, 15) is 8.78 Å². The Labute approximate surface area is 104 Å². The van der Waals surface area contributed by atoms with Crippen molar-refractivity contribution in [1.29, 1.82) is 0 Å². The number of hydrogen-bond acceptors (Lipinski definition) is 2. The summed E-state index contributed by atoms with van der Waals surface area (Å²) < 4.78 is 31.6. The van der Waals surface area contributed by atoms with Crippen LogP contribution in [-0.2, 0) is 4.74 Å². The lowest BCUT2D eigenvalue weighted by Gasteiger charge is -2.28. The molecule has 2 unspecified atom stereocenters. The smallest absolute Gasteiger partial charge is 0.160 e. The first kappa shape index (κ1) is 12.7. The Morgan fingerprint density at radius 3 is 2.65 bits per heavy atom. The molecule has 2 atom stereocenters. The maximum absolute atomic E-state index is 13.2. The Kier molecular flexibility index (Phi) is 3.97. The van der Waals surface area contributed by atoms with E-state index >= 15 is 0 Å². The molecule has 0 radical (unpaired) electrons. The molecule has 0 aromatic heterocycles. The Hall–Kier alpha value is -0.710. The van der Waals surface area contributed by atoms with Gasteiger partial charge in [0.25, 0.3) is 0 Å². The van der Waals surface area contributed by atoms with Gasteiger partial charge in [-0.2, -0.15) is 0 Å². The molecule has 2 rings (SSSR count). The summed E-state index contributed by atoms with van der Waals surface area (Å²) in [5, 5.41) is 0.144. The number of halogens is 3. The van der Waals surface area contributed by atoms with Crippen LogP contribution in [-0.4, -0.2) is 12.7 Å². The predicted molar refractivity (Wildman–Crippen MR) is 61.9 cm³/mol. The largest absolute Gasteiger partial charge is 0.376 e. The van der Waals surface area contributed by atoms with E-state index in [-0.39, 0.29) is 11.1 Å². The van der Waals surface area contributed by atoms with Gasteiger partial charge < -0.3 is 10.5 Å². The molecule has 0 spiro atoms. The number of rotatable bonds is 2. The van der Waals surface area contributed by atoms with Crippen molar-refractivity contribution in [3.8, 4) is 0 Å². The van der Waals surface area contributed by atoms with Gasteiger partial charge in [-0.25, -0.2) is 8.78 Å². The van der Waals surface area contributed by atoms with Gasteiger partial charge in [-0.1, -0.05) is 11.6 Å². The van der Waals surface area contributed by atoms with Gasteiger partial charge in [0.15, 0.2) is 11.6 Å². The fourth-order valence-corrected chi connectivity index (χ4v) is 2.32. The molecule has 0 bridgehead atoms. The summed E-state index contributed by atoms with van der Waals surface area (Å²) in [5.41, 5.74) is 6.39. The molecule has 1 aromatic carbocycles. The molecular formula is C12H14ClF2NO. The van der Waals surface area contributed by atoms with Crippen molar-refractivity contribution in [3.05, 3.63) is 34.4 Å². The van der Waals surface area contributed by atoms with Crippen LogP contribution in [0.15, 0.2) is 12.1 Å². The van der Waals surface area contributed by atoms with Gasteiger partial charge in [-0.3, -0.25) is 0 Å². The van der Waals surface area contributed by atoms with Crippen molar-refractivity contribution in [2.75, 3.05) is 6.61 Å². The third kappa shape index (κ3) is 2.76. The Balaban J connectivity index is 2.23. The summed E-state index contributed by atoms with van der Waals surface area (Å²) >= 11 is 5.87. The molecule has 1 fully saturated rings. The highest BCUT2D eigenvalue weighted by Crippen LogP contribution is 2.30. The molecule has 5 heteroatoms. The second-order valence-corrected chi connectivity index (χ2v) is 4.63. The van der Waals surface area contributed by atoms with Crippen LogP contribution in [0.1, 0.15) is 30.9 Å². The zero-order valence-corrected chi connectivity index (χ0v) is 10.0. The van der Waals surface area contributed by atoms with E-state index in [0.717, 1.165) is 31.4 Å². The van der Waals surface area contributed by atoms with Gasteiger partial charge in [-0.05, 0) is 37.0 Å². The first-order valence-electron chi connectivity index (χ1n) is 5.61. The molecule has 1 aliphatic heterocycles. The van der Waals surface area contributed by atoms with E-state index in [2.05, 4.69) is 0 Å². The molecular weight excluding hydrogens is 248 g/mol. The summed E-state index contributed by atoms with van der Waals surface area (Å²) in [6.45, 7) is 0.652. The average Bonchev–Trinajstić information content (AvgIpc) is 2.34. The lowest BCUT2D eigenvalue weighted by atomic mass is 9.96. The molecule has 1 saturated heterocycles. The van der Waals surface area contributed by atoms with Crippen molar-refractivity contribution in [2.24, 2.45) is 5.73 Å². The van der Waals surface area contributed by atoms with Crippen molar-refractivity contribution in [1.82, 2.24) is 0 Å². The molecule has 0 aliphatic carbocycles. The van der Waals surface area contributed by atoms with Crippen LogP contribution in [0.3, 0.4) is 0 Å². The maximum atomic E-state index is 13.2. The SMILES string of the molecule is NC(c1cc(F)c(F)cc1Cl)C1CCCCO1. The third-order valence-electron chi connectivity index (χ3n) is 3.01. The van der Waals surface area contributed by atoms with Crippen LogP contribution in [0.4, 0.5) is 8.78 Å². The van der Waals surface area contributed by atoms with E-state index < -0.39 is 17.7 Å². The van der Waals surface area contributed by atoms with Crippen molar-refractivity contribution >= 4 is 11.6 Å². The third-order valence-corrected chi connectivity index (χ3v) is 3.34. The molecule has 0 saturated carbocycles. The number of ether oxygens (including phenoxy) is 1. The predicted octanol–water partition coefficient (Wildman–Crippen LogP) is 3.19. The fourth-order valence-electron chi connectivity index (χ4n) is 2.04. The minimum atomic E-state index is -0.962. The van der Waals surface area contributed by atoms with Crippen molar-refractivity contribution < 1.29 is 13.5 Å². The van der Waals surface area contributed by atoms with Crippen LogP contribution in [0.5, 0.6) is 0 Å². The standard InChI is InChI=1S/C12H14ClF2NO/c13-8-6-10(15)9(14)5-7(8)12(16)11-3-1-2-4-17-11/h5-6,11-12H,1-4,16H2. The van der Waals surface area contributed by atoms with E-state index in [0.29, 0.717) is 12.2 Å². The van der Waals surface area contributed by atoms with Gasteiger partial charge in [-0.15, -0.1) is 0 Å². The fraction of sp³-hybridized carbons (Fsp3) is 0.500. The van der Waals surface area contributed by atoms with Crippen LogP contribution in [0, 0.1) is 11.6 Å². The van der Waals surface area contributed by atoms with E-state index in [1.165, 1.54) is 0 Å². The summed E-state index contributed by atoms with van der Waals surface area (Å²) in [6.07, 6.45) is 2.68. The van der Waals surface area contributed by atoms with E-state index in [1.54, 1.807) is 0 Å². The summed E-state index contributed by atoms with van der Waals surface area (Å²) in [7, 11) is 0. The zero-order valence-electron chi connectivity index (χ0n) is 9.26. The minimum absolute atomic E-state index is 0.144. The lowest BCUT2D eigenvalue weighted by Crippen LogP contribution is -2.32. The molecule has 1 aromatic rings. The highest BCUT2D eigenvalue weighted by Gasteiger charge is 2.25.